The van der Waals surface area contributed by atoms with Crippen molar-refractivity contribution in [3.8, 4) is 23.3 Å². The highest BCUT2D eigenvalue weighted by Gasteiger charge is 2.28. The largest absolute Gasteiger partial charge is 0.493 e. The van der Waals surface area contributed by atoms with Crippen LogP contribution in [0.1, 0.15) is 22.6 Å². The van der Waals surface area contributed by atoms with Crippen LogP contribution in [0, 0.1) is 0 Å². The molecule has 1 aliphatic rings. The van der Waals surface area contributed by atoms with Crippen LogP contribution >= 0.6 is 23.2 Å². The van der Waals surface area contributed by atoms with Crippen LogP contribution < -0.4 is 25.1 Å². The number of hydrogen-bond acceptors (Lipinski definition) is 7. The number of allylic oxidation sites excluding steroid dienone is 1. The summed E-state index contributed by atoms with van der Waals surface area (Å²) in [5.74, 6) is 1.56. The van der Waals surface area contributed by atoms with Crippen LogP contribution in [0.4, 0.5) is 5.82 Å². The maximum absolute atomic E-state index is 13.2. The number of halogens is 2. The van der Waals surface area contributed by atoms with E-state index in [0.717, 1.165) is 22.2 Å². The van der Waals surface area contributed by atoms with Crippen molar-refractivity contribution in [2.45, 2.75) is 5.92 Å². The number of aromatic amines is 1. The summed E-state index contributed by atoms with van der Waals surface area (Å²) in [6, 6.07) is 20.3. The van der Waals surface area contributed by atoms with Gasteiger partial charge in [-0.3, -0.25) is 14.8 Å². The summed E-state index contributed by atoms with van der Waals surface area (Å²) in [5, 5.41) is 5.31. The lowest BCUT2D eigenvalue weighted by molar-refractivity contribution is 0.378. The van der Waals surface area contributed by atoms with Gasteiger partial charge in [0.25, 0.3) is 11.6 Å². The van der Waals surface area contributed by atoms with E-state index in [9.17, 15) is 4.79 Å². The summed E-state index contributed by atoms with van der Waals surface area (Å²) in [4.78, 5) is 24.8. The third kappa shape index (κ3) is 4.83. The first-order valence-corrected chi connectivity index (χ1v) is 13.0. The predicted molar refractivity (Wildman–Crippen MR) is 156 cm³/mol. The van der Waals surface area contributed by atoms with Crippen molar-refractivity contribution in [1.82, 2.24) is 15.0 Å². The molecule has 3 aromatic carbocycles. The Hall–Kier alpha value is -4.53. The average Bonchev–Trinajstić information content (AvgIpc) is 2.97. The average molecular weight is 573 g/mol. The minimum absolute atomic E-state index is 0.111. The van der Waals surface area contributed by atoms with Gasteiger partial charge < -0.3 is 19.5 Å². The number of rotatable bonds is 6. The van der Waals surface area contributed by atoms with Crippen LogP contribution in [0.2, 0.25) is 10.0 Å². The lowest BCUT2D eigenvalue weighted by atomic mass is 9.88. The summed E-state index contributed by atoms with van der Waals surface area (Å²) < 4.78 is 17.2. The van der Waals surface area contributed by atoms with Crippen molar-refractivity contribution in [3.63, 3.8) is 0 Å². The number of aromatic nitrogens is 3. The van der Waals surface area contributed by atoms with E-state index in [4.69, 9.17) is 37.4 Å². The molecule has 200 valence electrons. The first-order chi connectivity index (χ1) is 19.4. The number of nitrogens with zero attached hydrogens (tertiary/aromatic N) is 2. The highest BCUT2D eigenvalue weighted by atomic mass is 35.5. The van der Waals surface area contributed by atoms with Crippen molar-refractivity contribution >= 4 is 45.6 Å². The van der Waals surface area contributed by atoms with Crippen LogP contribution in [0.5, 0.6) is 23.3 Å². The molecule has 0 saturated carbocycles. The fourth-order valence-corrected chi connectivity index (χ4v) is 4.98. The van der Waals surface area contributed by atoms with Gasteiger partial charge in [0.05, 0.1) is 25.3 Å². The molecule has 1 aliphatic heterocycles. The smallest absolute Gasteiger partial charge is 0.298 e. The highest BCUT2D eigenvalue weighted by Crippen LogP contribution is 2.41. The molecule has 0 spiro atoms. The fourth-order valence-electron chi connectivity index (χ4n) is 4.69. The molecule has 6 rings (SSSR count). The zero-order chi connectivity index (χ0) is 27.8. The van der Waals surface area contributed by atoms with Gasteiger partial charge in [0.1, 0.15) is 11.6 Å². The van der Waals surface area contributed by atoms with Gasteiger partial charge in [0.15, 0.2) is 11.5 Å². The van der Waals surface area contributed by atoms with Gasteiger partial charge in [0, 0.05) is 33.2 Å². The Bertz CT molecular complexity index is 1840. The summed E-state index contributed by atoms with van der Waals surface area (Å²) in [5.41, 5.74) is 3.32. The summed E-state index contributed by atoms with van der Waals surface area (Å²) >= 11 is 12.3. The molecule has 0 amide bonds. The lowest BCUT2D eigenvalue weighted by Crippen LogP contribution is -2.25. The normalized spacial score (nSPS) is 14.2. The van der Waals surface area contributed by atoms with Gasteiger partial charge in [-0.25, -0.2) is 0 Å². The van der Waals surface area contributed by atoms with Crippen molar-refractivity contribution in [2.75, 3.05) is 19.5 Å². The molecule has 1 unspecified atom stereocenters. The number of ether oxygens (including phenoxy) is 3. The Labute approximate surface area is 239 Å². The van der Waals surface area contributed by atoms with E-state index in [-0.39, 0.29) is 11.6 Å². The van der Waals surface area contributed by atoms with Gasteiger partial charge in [-0.1, -0.05) is 41.4 Å². The number of hydrogen-bond donors (Lipinski definition) is 2. The molecule has 0 fully saturated rings. The van der Waals surface area contributed by atoms with Gasteiger partial charge >= 0.3 is 0 Å². The molecular formula is C30H22Cl2N4O4. The molecule has 2 aromatic heterocycles. The number of pyridine rings is 1. The first-order valence-electron chi connectivity index (χ1n) is 12.3. The van der Waals surface area contributed by atoms with Gasteiger partial charge in [-0.05, 0) is 65.7 Å². The number of benzene rings is 3. The van der Waals surface area contributed by atoms with Gasteiger partial charge in [-0.15, -0.1) is 0 Å². The first kappa shape index (κ1) is 25.7. The predicted octanol–water partition coefficient (Wildman–Crippen LogP) is 7.03. The Kier molecular flexibility index (Phi) is 6.79. The zero-order valence-electron chi connectivity index (χ0n) is 21.4. The summed E-state index contributed by atoms with van der Waals surface area (Å²) in [7, 11) is 3.02. The van der Waals surface area contributed by atoms with Crippen LogP contribution in [0.25, 0.3) is 16.6 Å². The van der Waals surface area contributed by atoms with Crippen molar-refractivity contribution in [2.24, 2.45) is 0 Å². The molecule has 2 N–H and O–H groups in total. The fraction of sp³-hybridized carbons (Fsp3) is 0.100. The second-order valence-corrected chi connectivity index (χ2v) is 9.88. The number of methoxy groups -OCH3 is 2. The number of H-pyrrole nitrogens is 1. The van der Waals surface area contributed by atoms with E-state index in [1.54, 1.807) is 31.5 Å². The van der Waals surface area contributed by atoms with Crippen molar-refractivity contribution in [3.05, 3.63) is 116 Å². The van der Waals surface area contributed by atoms with E-state index < -0.39 is 5.92 Å². The Morgan fingerprint density at radius 3 is 2.42 bits per heavy atom. The van der Waals surface area contributed by atoms with E-state index in [1.165, 1.54) is 7.11 Å². The third-order valence-electron chi connectivity index (χ3n) is 6.61. The van der Waals surface area contributed by atoms with Crippen LogP contribution in [-0.4, -0.2) is 29.2 Å². The second-order valence-electron chi connectivity index (χ2n) is 9.01. The number of fused-ring (bicyclic) bond motifs is 2. The van der Waals surface area contributed by atoms with Gasteiger partial charge in [-0.2, -0.15) is 4.98 Å². The topological polar surface area (TPSA) is 98.4 Å². The Morgan fingerprint density at radius 1 is 0.850 bits per heavy atom. The van der Waals surface area contributed by atoms with Crippen molar-refractivity contribution in [1.29, 1.82) is 0 Å². The maximum Gasteiger partial charge on any atom is 0.298 e. The van der Waals surface area contributed by atoms with Crippen LogP contribution in [0.3, 0.4) is 0 Å². The molecule has 10 heteroatoms. The van der Waals surface area contributed by atoms with Crippen molar-refractivity contribution < 1.29 is 14.2 Å². The minimum atomic E-state index is -0.448. The van der Waals surface area contributed by atoms with E-state index in [2.05, 4.69) is 20.3 Å². The molecule has 0 aliphatic carbocycles. The molecule has 5 aromatic rings. The van der Waals surface area contributed by atoms with E-state index in [0.29, 0.717) is 44.2 Å². The molecule has 40 heavy (non-hydrogen) atoms. The summed E-state index contributed by atoms with van der Waals surface area (Å²) in [6.45, 7) is 0. The quantitative estimate of drug-likeness (QED) is 0.225. The Balaban J connectivity index is 1.43. The van der Waals surface area contributed by atoms with Crippen LogP contribution in [-0.2, 0) is 0 Å². The molecule has 0 radical (unpaired) electrons. The SMILES string of the molecule is COc1nc2c(c(=O)[nH]1)C(c1ccc(Oc3ccnc4cc(Cl)ccc34)c(OC)c1)C=C(c1ccc(Cl)cc1)N2. The number of nitrogens with one attached hydrogen (secondary N) is 2. The Morgan fingerprint density at radius 2 is 1.65 bits per heavy atom. The summed E-state index contributed by atoms with van der Waals surface area (Å²) in [6.07, 6.45) is 3.64. The monoisotopic (exact) mass is 572 g/mol. The third-order valence-corrected chi connectivity index (χ3v) is 7.10. The standard InChI is InChI=1S/C30H22Cl2N4O4/c1-38-26-13-17(5-10-25(26)40-24-11-12-33-23-14-19(32)8-9-20(23)24)21-15-22(16-3-6-18(31)7-4-16)34-28-27(21)29(37)36-30(35-28)39-2/h3-15,21H,1-2H3,(H2,34,35,36,37). The maximum atomic E-state index is 13.2. The minimum Gasteiger partial charge on any atom is -0.493 e. The molecule has 3 heterocycles. The zero-order valence-corrected chi connectivity index (χ0v) is 22.9. The van der Waals surface area contributed by atoms with Crippen LogP contribution in [0.15, 0.2) is 83.8 Å². The van der Waals surface area contributed by atoms with Gasteiger partial charge in [0.2, 0.25) is 0 Å². The van der Waals surface area contributed by atoms with E-state index >= 15 is 0 Å². The molecule has 1 atom stereocenters. The van der Waals surface area contributed by atoms with E-state index in [1.807, 2.05) is 54.6 Å². The molecule has 8 nitrogen and oxygen atoms in total. The highest BCUT2D eigenvalue weighted by molar-refractivity contribution is 6.31. The lowest BCUT2D eigenvalue weighted by Gasteiger charge is -2.26. The second kappa shape index (κ2) is 10.6. The molecule has 0 saturated heterocycles. The number of anilines is 1. The molecule has 0 bridgehead atoms. The molecular weight excluding hydrogens is 551 g/mol.